The van der Waals surface area contributed by atoms with Crippen molar-refractivity contribution in [2.45, 2.75) is 44.8 Å². The molecule has 1 aromatic heterocycles. The normalized spacial score (nSPS) is 19.2. The molecule has 3 aromatic rings. The molecule has 0 saturated carbocycles. The molecule has 182 valence electrons. The second-order valence-electron chi connectivity index (χ2n) is 8.62. The van der Waals surface area contributed by atoms with Crippen LogP contribution in [-0.2, 0) is 11.3 Å². The van der Waals surface area contributed by atoms with E-state index in [1.54, 1.807) is 18.2 Å². The molecule has 0 spiro atoms. The third-order valence-electron chi connectivity index (χ3n) is 6.25. The first kappa shape index (κ1) is 22.9. The Bertz CT molecular complexity index is 1180. The summed E-state index contributed by atoms with van der Waals surface area (Å²) >= 11 is 0. The van der Waals surface area contributed by atoms with Crippen molar-refractivity contribution in [2.75, 3.05) is 13.7 Å². The molecule has 1 N–H and O–H groups in total. The molecule has 0 radical (unpaired) electrons. The van der Waals surface area contributed by atoms with Gasteiger partial charge in [-0.15, -0.1) is 0 Å². The Morgan fingerprint density at radius 2 is 1.86 bits per heavy atom. The van der Waals surface area contributed by atoms with Crippen LogP contribution in [0.5, 0.6) is 11.5 Å². The molecule has 2 unspecified atom stereocenters. The topological polar surface area (TPSA) is 93.0 Å². The van der Waals surface area contributed by atoms with Gasteiger partial charge in [0.05, 0.1) is 19.8 Å². The van der Waals surface area contributed by atoms with Crippen molar-refractivity contribution >= 4 is 5.91 Å². The number of carbonyl (C=O) groups is 1. The van der Waals surface area contributed by atoms with Crippen LogP contribution in [0.25, 0.3) is 11.4 Å². The van der Waals surface area contributed by atoms with Crippen molar-refractivity contribution in [3.8, 4) is 22.9 Å². The summed E-state index contributed by atoms with van der Waals surface area (Å²) in [6.45, 7) is 3.09. The van der Waals surface area contributed by atoms with Crippen LogP contribution in [0, 0.1) is 0 Å². The first-order valence-corrected chi connectivity index (χ1v) is 11.9. The number of methoxy groups -OCH3 is 1. The van der Waals surface area contributed by atoms with Gasteiger partial charge in [0.25, 0.3) is 5.91 Å². The van der Waals surface area contributed by atoms with E-state index in [2.05, 4.69) is 34.6 Å². The van der Waals surface area contributed by atoms with Crippen LogP contribution in [-0.4, -0.2) is 45.7 Å². The number of benzene rings is 2. The highest BCUT2D eigenvalue weighted by atomic mass is 16.5. The number of hydrogen-bond acceptors (Lipinski definition) is 8. The van der Waals surface area contributed by atoms with E-state index in [-0.39, 0.29) is 24.5 Å². The quantitative estimate of drug-likeness (QED) is 0.463. The summed E-state index contributed by atoms with van der Waals surface area (Å²) in [6, 6.07) is 15.3. The zero-order valence-corrected chi connectivity index (χ0v) is 19.9. The van der Waals surface area contributed by atoms with Crippen molar-refractivity contribution in [1.29, 1.82) is 0 Å². The lowest BCUT2D eigenvalue weighted by Crippen LogP contribution is -2.47. The number of hydrogen-bond donors (Lipinski definition) is 1. The van der Waals surface area contributed by atoms with Crippen LogP contribution in [0.4, 0.5) is 0 Å². The van der Waals surface area contributed by atoms with Gasteiger partial charge in [-0.25, -0.2) is 5.43 Å². The minimum absolute atomic E-state index is 0.00813. The number of aromatic nitrogens is 2. The van der Waals surface area contributed by atoms with Crippen LogP contribution in [0.15, 0.2) is 65.5 Å². The Kier molecular flexibility index (Phi) is 6.67. The highest BCUT2D eigenvalue weighted by Gasteiger charge is 2.40. The SMILES string of the molecule is CCCCOc1ccc(C2CC3C(=O)N(Cc4nc(-c5ccc(OC)cc5)no4)C=CN3N2)cc1. The summed E-state index contributed by atoms with van der Waals surface area (Å²) in [4.78, 5) is 19.3. The summed E-state index contributed by atoms with van der Waals surface area (Å²) in [5.41, 5.74) is 5.37. The predicted molar refractivity (Wildman–Crippen MR) is 129 cm³/mol. The van der Waals surface area contributed by atoms with Crippen molar-refractivity contribution in [3.05, 3.63) is 72.4 Å². The van der Waals surface area contributed by atoms with Gasteiger partial charge >= 0.3 is 0 Å². The number of hydrazine groups is 1. The molecule has 2 aliphatic heterocycles. The molecule has 2 aliphatic rings. The van der Waals surface area contributed by atoms with Crippen LogP contribution in [0.1, 0.15) is 43.7 Å². The molecule has 35 heavy (non-hydrogen) atoms. The second kappa shape index (κ2) is 10.2. The Morgan fingerprint density at radius 1 is 1.09 bits per heavy atom. The molecule has 3 heterocycles. The van der Waals surface area contributed by atoms with E-state index in [4.69, 9.17) is 14.0 Å². The van der Waals surface area contributed by atoms with Crippen molar-refractivity contribution in [3.63, 3.8) is 0 Å². The van der Waals surface area contributed by atoms with E-state index in [9.17, 15) is 4.79 Å². The van der Waals surface area contributed by atoms with Crippen LogP contribution in [0.3, 0.4) is 0 Å². The Labute approximate surface area is 204 Å². The smallest absolute Gasteiger partial charge is 0.251 e. The fraction of sp³-hybridized carbons (Fsp3) is 0.346. The molecule has 9 nitrogen and oxygen atoms in total. The van der Waals surface area contributed by atoms with Gasteiger partial charge in [0.2, 0.25) is 11.7 Å². The van der Waals surface area contributed by atoms with Gasteiger partial charge in [-0.1, -0.05) is 30.6 Å². The van der Waals surface area contributed by atoms with Gasteiger partial charge < -0.3 is 23.9 Å². The van der Waals surface area contributed by atoms with E-state index in [1.165, 1.54) is 0 Å². The van der Waals surface area contributed by atoms with Crippen molar-refractivity contribution in [2.24, 2.45) is 0 Å². The zero-order valence-electron chi connectivity index (χ0n) is 19.9. The largest absolute Gasteiger partial charge is 0.497 e. The Balaban J connectivity index is 1.20. The number of unbranched alkanes of at least 4 members (excludes halogenated alkanes) is 1. The summed E-state index contributed by atoms with van der Waals surface area (Å²) < 4.78 is 16.4. The van der Waals surface area contributed by atoms with E-state index >= 15 is 0 Å². The molecule has 1 fully saturated rings. The first-order chi connectivity index (χ1) is 17.1. The number of ether oxygens (including phenoxy) is 2. The van der Waals surface area contributed by atoms with E-state index in [0.29, 0.717) is 18.1 Å². The van der Waals surface area contributed by atoms with E-state index in [1.807, 2.05) is 47.6 Å². The van der Waals surface area contributed by atoms with E-state index in [0.717, 1.165) is 42.1 Å². The van der Waals surface area contributed by atoms with Gasteiger partial charge in [0.15, 0.2) is 0 Å². The van der Waals surface area contributed by atoms with Gasteiger partial charge in [0.1, 0.15) is 24.1 Å². The van der Waals surface area contributed by atoms with Crippen molar-refractivity contribution < 1.29 is 18.8 Å². The maximum atomic E-state index is 13.2. The monoisotopic (exact) mass is 475 g/mol. The fourth-order valence-corrected chi connectivity index (χ4v) is 4.24. The van der Waals surface area contributed by atoms with Crippen molar-refractivity contribution in [1.82, 2.24) is 25.5 Å². The van der Waals surface area contributed by atoms with Gasteiger partial charge in [-0.05, 0) is 54.8 Å². The highest BCUT2D eigenvalue weighted by molar-refractivity contribution is 5.84. The molecule has 9 heteroatoms. The number of nitrogens with one attached hydrogen (secondary N) is 1. The summed E-state index contributed by atoms with van der Waals surface area (Å²) in [5, 5.41) is 5.94. The van der Waals surface area contributed by atoms with Crippen LogP contribution < -0.4 is 14.9 Å². The first-order valence-electron chi connectivity index (χ1n) is 11.9. The molecule has 5 rings (SSSR count). The highest BCUT2D eigenvalue weighted by Crippen LogP contribution is 2.32. The van der Waals surface area contributed by atoms with Gasteiger partial charge in [-0.3, -0.25) is 4.79 Å². The third-order valence-corrected chi connectivity index (χ3v) is 6.25. The summed E-state index contributed by atoms with van der Waals surface area (Å²) in [7, 11) is 1.62. The molecule has 2 aromatic carbocycles. The maximum Gasteiger partial charge on any atom is 0.251 e. The minimum atomic E-state index is -0.297. The lowest BCUT2D eigenvalue weighted by atomic mass is 10.0. The minimum Gasteiger partial charge on any atom is -0.497 e. The fourth-order valence-electron chi connectivity index (χ4n) is 4.24. The third kappa shape index (κ3) is 5.00. The Morgan fingerprint density at radius 3 is 2.60 bits per heavy atom. The average Bonchev–Trinajstić information content (AvgIpc) is 3.54. The Hall–Kier alpha value is -3.85. The molecular weight excluding hydrogens is 446 g/mol. The molecular formula is C26H29N5O4. The number of amides is 1. The standard InChI is InChI=1S/C26H29N5O4/c1-3-4-15-34-21-11-5-18(6-12-21)22-16-23-26(32)30(13-14-31(23)28-22)17-24-27-25(29-35-24)19-7-9-20(33-2)10-8-19/h5-14,22-23,28H,3-4,15-17H2,1-2H3. The molecule has 0 aliphatic carbocycles. The van der Waals surface area contributed by atoms with E-state index < -0.39 is 0 Å². The van der Waals surface area contributed by atoms with Gasteiger partial charge in [-0.2, -0.15) is 4.98 Å². The lowest BCUT2D eigenvalue weighted by Gasteiger charge is -2.30. The predicted octanol–water partition coefficient (Wildman–Crippen LogP) is 4.06. The summed E-state index contributed by atoms with van der Waals surface area (Å²) in [5.74, 6) is 2.47. The molecule has 1 amide bonds. The van der Waals surface area contributed by atoms with Gasteiger partial charge in [0, 0.05) is 18.0 Å². The maximum absolute atomic E-state index is 13.2. The summed E-state index contributed by atoms with van der Waals surface area (Å²) in [6.07, 6.45) is 6.44. The zero-order chi connectivity index (χ0) is 24.2. The second-order valence-corrected chi connectivity index (χ2v) is 8.62. The number of nitrogens with zero attached hydrogens (tertiary/aromatic N) is 4. The number of rotatable bonds is 9. The average molecular weight is 476 g/mol. The lowest BCUT2D eigenvalue weighted by molar-refractivity contribution is -0.135. The van der Waals surface area contributed by atoms with Crippen LogP contribution in [0.2, 0.25) is 0 Å². The molecule has 2 atom stereocenters. The van der Waals surface area contributed by atoms with Crippen LogP contribution >= 0.6 is 0 Å². The number of fused-ring (bicyclic) bond motifs is 1. The molecule has 0 bridgehead atoms. The number of carbonyl (C=O) groups excluding carboxylic acids is 1. The molecule has 1 saturated heterocycles.